The molecule has 0 radical (unpaired) electrons. The normalized spacial score (nSPS) is 11.5. The Hall–Kier alpha value is -2.06. The van der Waals surface area contributed by atoms with E-state index in [1.165, 1.54) is 19.2 Å². The van der Waals surface area contributed by atoms with Gasteiger partial charge >= 0.3 is 0 Å². The molecule has 0 atom stereocenters. The highest BCUT2D eigenvalue weighted by molar-refractivity contribution is 7.89. The number of anilines is 1. The minimum absolute atomic E-state index is 0.0208. The summed E-state index contributed by atoms with van der Waals surface area (Å²) in [7, 11) is -0.414. The molecule has 0 aliphatic heterocycles. The Kier molecular flexibility index (Phi) is 3.96. The molecule has 1 heterocycles. The molecule has 1 aromatic carbocycles. The Bertz CT molecular complexity index is 709. The van der Waals surface area contributed by atoms with E-state index in [0.29, 0.717) is 11.6 Å². The summed E-state index contributed by atoms with van der Waals surface area (Å²) in [4.78, 5) is 4.07. The molecule has 7 nitrogen and oxygen atoms in total. The zero-order valence-electron chi connectivity index (χ0n) is 11.2. The van der Waals surface area contributed by atoms with Gasteiger partial charge in [0, 0.05) is 25.5 Å². The van der Waals surface area contributed by atoms with Crippen LogP contribution in [0.3, 0.4) is 0 Å². The number of aryl methyl sites for hydroxylation is 1. The first-order valence-corrected chi connectivity index (χ1v) is 7.32. The fourth-order valence-corrected chi connectivity index (χ4v) is 2.79. The Balaban J connectivity index is 2.20. The van der Waals surface area contributed by atoms with Crippen molar-refractivity contribution in [1.29, 1.82) is 0 Å². The lowest BCUT2D eigenvalue weighted by Gasteiger charge is -2.10. The van der Waals surface area contributed by atoms with Crippen molar-refractivity contribution >= 4 is 15.7 Å². The van der Waals surface area contributed by atoms with Crippen LogP contribution >= 0.6 is 0 Å². The molecule has 0 unspecified atom stereocenters. The molecule has 0 spiro atoms. The number of benzene rings is 1. The smallest absolute Gasteiger partial charge is 0.243 e. The molecule has 1 aromatic heterocycles. The molecule has 0 amide bonds. The number of nitrogens with two attached hydrogens (primary N) is 1. The minimum Gasteiger partial charge on any atom is -0.497 e. The van der Waals surface area contributed by atoms with E-state index in [2.05, 4.69) is 9.71 Å². The van der Waals surface area contributed by atoms with Crippen LogP contribution < -0.4 is 15.2 Å². The van der Waals surface area contributed by atoms with Gasteiger partial charge in [-0.3, -0.25) is 0 Å². The molecule has 0 aliphatic carbocycles. The Morgan fingerprint density at radius 3 is 2.75 bits per heavy atom. The van der Waals surface area contributed by atoms with Crippen LogP contribution in [0, 0.1) is 0 Å². The van der Waals surface area contributed by atoms with Crippen molar-refractivity contribution in [3.8, 4) is 5.75 Å². The number of nitrogens with zero attached hydrogens (tertiary/aromatic N) is 2. The van der Waals surface area contributed by atoms with Crippen LogP contribution in [0.25, 0.3) is 0 Å². The highest BCUT2D eigenvalue weighted by Gasteiger charge is 2.18. The van der Waals surface area contributed by atoms with Gasteiger partial charge in [-0.25, -0.2) is 18.1 Å². The Morgan fingerprint density at radius 2 is 2.20 bits per heavy atom. The monoisotopic (exact) mass is 296 g/mol. The van der Waals surface area contributed by atoms with Gasteiger partial charge in [-0.2, -0.15) is 0 Å². The Labute approximate surface area is 117 Å². The first-order chi connectivity index (χ1) is 9.44. The lowest BCUT2D eigenvalue weighted by Crippen LogP contribution is -2.25. The summed E-state index contributed by atoms with van der Waals surface area (Å²) in [5.74, 6) is 1.12. The fraction of sp³-hybridized carbons (Fsp3) is 0.250. The molecule has 3 N–H and O–H groups in total. The Morgan fingerprint density at radius 1 is 1.45 bits per heavy atom. The van der Waals surface area contributed by atoms with Crippen LogP contribution in [0.4, 0.5) is 5.69 Å². The number of ether oxygens (including phenoxy) is 1. The second-order valence-corrected chi connectivity index (χ2v) is 5.92. The van der Waals surface area contributed by atoms with E-state index in [0.717, 1.165) is 0 Å². The van der Waals surface area contributed by atoms with Crippen molar-refractivity contribution in [2.75, 3.05) is 12.8 Å². The van der Waals surface area contributed by atoms with Gasteiger partial charge in [0.25, 0.3) is 0 Å². The third-order valence-electron chi connectivity index (χ3n) is 2.85. The van der Waals surface area contributed by atoms with Gasteiger partial charge in [-0.1, -0.05) is 0 Å². The molecule has 0 bridgehead atoms. The third-order valence-corrected chi connectivity index (χ3v) is 4.32. The maximum Gasteiger partial charge on any atom is 0.243 e. The number of sulfonamides is 1. The first kappa shape index (κ1) is 14.4. The van der Waals surface area contributed by atoms with Gasteiger partial charge in [-0.05, 0) is 12.1 Å². The highest BCUT2D eigenvalue weighted by atomic mass is 32.2. The molecular formula is C12H16N4O3S. The lowest BCUT2D eigenvalue weighted by molar-refractivity contribution is 0.414. The van der Waals surface area contributed by atoms with E-state index in [9.17, 15) is 8.42 Å². The minimum atomic E-state index is -3.69. The van der Waals surface area contributed by atoms with Gasteiger partial charge < -0.3 is 15.0 Å². The molecule has 8 heteroatoms. The van der Waals surface area contributed by atoms with Crippen LogP contribution in [0.5, 0.6) is 5.75 Å². The van der Waals surface area contributed by atoms with Gasteiger partial charge in [0.15, 0.2) is 0 Å². The standard InChI is InChI=1S/C12H16N4O3S/c1-16-6-5-14-12(16)8-15-20(17,18)11-4-3-9(19-2)7-10(11)13/h3-7,15H,8,13H2,1-2H3. The average molecular weight is 296 g/mol. The zero-order valence-corrected chi connectivity index (χ0v) is 12.0. The van der Waals surface area contributed by atoms with Gasteiger partial charge in [0.05, 0.1) is 19.3 Å². The second-order valence-electron chi connectivity index (χ2n) is 4.18. The molecule has 20 heavy (non-hydrogen) atoms. The second kappa shape index (κ2) is 5.51. The predicted octanol–water partition coefficient (Wildman–Crippen LogP) is 0.489. The molecule has 0 saturated heterocycles. The molecule has 108 valence electrons. The molecule has 0 aliphatic rings. The van der Waals surface area contributed by atoms with Crippen LogP contribution in [-0.4, -0.2) is 25.1 Å². The number of hydrogen-bond donors (Lipinski definition) is 2. The van der Waals surface area contributed by atoms with Crippen molar-refractivity contribution in [3.63, 3.8) is 0 Å². The average Bonchev–Trinajstić information content (AvgIpc) is 2.81. The van der Waals surface area contributed by atoms with Crippen molar-refractivity contribution in [1.82, 2.24) is 14.3 Å². The van der Waals surface area contributed by atoms with Crippen molar-refractivity contribution < 1.29 is 13.2 Å². The van der Waals surface area contributed by atoms with E-state index in [4.69, 9.17) is 10.5 Å². The van der Waals surface area contributed by atoms with E-state index < -0.39 is 10.0 Å². The van der Waals surface area contributed by atoms with Gasteiger partial charge in [0.2, 0.25) is 10.0 Å². The quantitative estimate of drug-likeness (QED) is 0.782. The van der Waals surface area contributed by atoms with E-state index >= 15 is 0 Å². The largest absolute Gasteiger partial charge is 0.497 e. The van der Waals surface area contributed by atoms with E-state index in [1.54, 1.807) is 30.1 Å². The summed E-state index contributed by atoms with van der Waals surface area (Å²) in [6.07, 6.45) is 3.34. The predicted molar refractivity (Wildman–Crippen MR) is 74.6 cm³/mol. The van der Waals surface area contributed by atoms with Crippen LogP contribution in [0.15, 0.2) is 35.5 Å². The maximum atomic E-state index is 12.2. The van der Waals surface area contributed by atoms with Crippen molar-refractivity contribution in [2.45, 2.75) is 11.4 Å². The number of rotatable bonds is 5. The molecule has 0 saturated carbocycles. The van der Waals surface area contributed by atoms with Crippen LogP contribution in [-0.2, 0) is 23.6 Å². The summed E-state index contributed by atoms with van der Waals surface area (Å²) in [6, 6.07) is 4.43. The molecule has 2 aromatic rings. The first-order valence-electron chi connectivity index (χ1n) is 5.83. The summed E-state index contributed by atoms with van der Waals surface area (Å²) >= 11 is 0. The maximum absolute atomic E-state index is 12.2. The highest BCUT2D eigenvalue weighted by Crippen LogP contribution is 2.23. The van der Waals surface area contributed by atoms with Crippen LogP contribution in [0.1, 0.15) is 5.82 Å². The number of aromatic nitrogens is 2. The topological polar surface area (TPSA) is 99.2 Å². The molecular weight excluding hydrogens is 280 g/mol. The molecule has 0 fully saturated rings. The number of hydrogen-bond acceptors (Lipinski definition) is 5. The SMILES string of the molecule is COc1ccc(S(=O)(=O)NCc2nccn2C)c(N)c1. The van der Waals surface area contributed by atoms with E-state index in [-0.39, 0.29) is 17.1 Å². The van der Waals surface area contributed by atoms with Gasteiger partial charge in [0.1, 0.15) is 16.5 Å². The van der Waals surface area contributed by atoms with Crippen molar-refractivity contribution in [2.24, 2.45) is 7.05 Å². The fourth-order valence-electron chi connectivity index (χ4n) is 1.70. The van der Waals surface area contributed by atoms with E-state index in [1.807, 2.05) is 0 Å². The summed E-state index contributed by atoms with van der Waals surface area (Å²) in [5, 5.41) is 0. The third kappa shape index (κ3) is 2.91. The zero-order chi connectivity index (χ0) is 14.8. The summed E-state index contributed by atoms with van der Waals surface area (Å²) in [5.41, 5.74) is 5.88. The number of nitrogen functional groups attached to an aromatic ring is 1. The number of imidazole rings is 1. The lowest BCUT2D eigenvalue weighted by atomic mass is 10.3. The van der Waals surface area contributed by atoms with Gasteiger partial charge in [-0.15, -0.1) is 0 Å². The van der Waals surface area contributed by atoms with Crippen molar-refractivity contribution in [3.05, 3.63) is 36.4 Å². The summed E-state index contributed by atoms with van der Waals surface area (Å²) in [6.45, 7) is 0.0945. The van der Waals surface area contributed by atoms with Crippen LogP contribution in [0.2, 0.25) is 0 Å². The molecule has 2 rings (SSSR count). The summed E-state index contributed by atoms with van der Waals surface area (Å²) < 4.78 is 33.6. The number of nitrogens with one attached hydrogen (secondary N) is 1. The number of methoxy groups -OCH3 is 1.